The lowest BCUT2D eigenvalue weighted by atomic mass is 9.87. The smallest absolute Gasteiger partial charge is 0.320 e. The van der Waals surface area contributed by atoms with Gasteiger partial charge in [-0.1, -0.05) is 35.5 Å². The molecule has 30 heavy (non-hydrogen) atoms. The maximum Gasteiger partial charge on any atom is 0.320 e. The number of hydrogen-bond acceptors (Lipinski definition) is 7. The molecular weight excluding hydrogens is 386 g/mol. The Morgan fingerprint density at radius 1 is 0.967 bits per heavy atom. The number of benzene rings is 2. The van der Waals surface area contributed by atoms with E-state index in [2.05, 4.69) is 5.16 Å². The van der Waals surface area contributed by atoms with E-state index in [-0.39, 0.29) is 0 Å². The topological polar surface area (TPSA) is 75.6 Å². The molecule has 0 spiro atoms. The zero-order chi connectivity index (χ0) is 21.9. The molecule has 7 nitrogen and oxygen atoms in total. The second-order valence-electron chi connectivity index (χ2n) is 7.83. The highest BCUT2D eigenvalue weighted by molar-refractivity contribution is 6.16. The molecule has 0 unspecified atom stereocenters. The van der Waals surface area contributed by atoms with Crippen LogP contribution in [0.1, 0.15) is 38.0 Å². The van der Waals surface area contributed by atoms with Crippen LogP contribution in [-0.2, 0) is 14.4 Å². The Hall–Kier alpha value is -3.22. The highest BCUT2D eigenvalue weighted by Gasteiger charge is 2.45. The summed E-state index contributed by atoms with van der Waals surface area (Å²) >= 11 is 0. The van der Waals surface area contributed by atoms with Crippen molar-refractivity contribution in [2.75, 3.05) is 21.3 Å². The van der Waals surface area contributed by atoms with Crippen LogP contribution >= 0.6 is 0 Å². The summed E-state index contributed by atoms with van der Waals surface area (Å²) in [4.78, 5) is 19.0. The quantitative estimate of drug-likeness (QED) is 0.663. The third kappa shape index (κ3) is 4.35. The lowest BCUT2D eigenvalue weighted by molar-refractivity contribution is -0.160. The Balaban J connectivity index is 2.12. The first-order valence-corrected chi connectivity index (χ1v) is 9.61. The van der Waals surface area contributed by atoms with Crippen LogP contribution in [0.2, 0.25) is 0 Å². The number of hydrogen-bond donors (Lipinski definition) is 0. The molecule has 0 saturated heterocycles. The highest BCUT2D eigenvalue weighted by Crippen LogP contribution is 2.43. The largest absolute Gasteiger partial charge is 0.496 e. The van der Waals surface area contributed by atoms with E-state index in [1.165, 1.54) is 14.2 Å². The maximum atomic E-state index is 13.3. The second kappa shape index (κ2) is 8.65. The fraction of sp³-hybridized carbons (Fsp3) is 0.391. The molecule has 1 aliphatic heterocycles. The minimum atomic E-state index is -0.803. The van der Waals surface area contributed by atoms with Gasteiger partial charge in [-0.2, -0.15) is 0 Å². The first-order chi connectivity index (χ1) is 14.3. The number of carbonyl (C=O) groups excluding carboxylic acids is 1. The highest BCUT2D eigenvalue weighted by atomic mass is 16.6. The van der Waals surface area contributed by atoms with Crippen molar-refractivity contribution in [2.24, 2.45) is 11.1 Å². The predicted octanol–water partition coefficient (Wildman–Crippen LogP) is 4.15. The average Bonchev–Trinajstić information content (AvgIpc) is 3.16. The normalized spacial score (nSPS) is 18.3. The number of nitrogens with zero attached hydrogens (tertiary/aromatic N) is 1. The zero-order valence-corrected chi connectivity index (χ0v) is 18.1. The Morgan fingerprint density at radius 2 is 1.57 bits per heavy atom. The average molecular weight is 413 g/mol. The molecule has 0 fully saturated rings. The molecule has 2 aromatic carbocycles. The van der Waals surface area contributed by atoms with Crippen molar-refractivity contribution >= 4 is 11.7 Å². The van der Waals surface area contributed by atoms with Gasteiger partial charge >= 0.3 is 5.97 Å². The van der Waals surface area contributed by atoms with Gasteiger partial charge in [0.15, 0.2) is 6.10 Å². The van der Waals surface area contributed by atoms with E-state index in [4.69, 9.17) is 23.8 Å². The molecule has 3 rings (SSSR count). The van der Waals surface area contributed by atoms with Gasteiger partial charge in [-0.15, -0.1) is 0 Å². The monoisotopic (exact) mass is 413 g/mol. The van der Waals surface area contributed by atoms with Crippen LogP contribution in [0.4, 0.5) is 0 Å². The molecule has 160 valence electrons. The van der Waals surface area contributed by atoms with Crippen LogP contribution in [0, 0.1) is 5.92 Å². The number of rotatable bonds is 6. The first kappa shape index (κ1) is 21.5. The van der Waals surface area contributed by atoms with Crippen molar-refractivity contribution in [2.45, 2.75) is 32.5 Å². The lowest BCUT2D eigenvalue weighted by Crippen LogP contribution is -2.34. The van der Waals surface area contributed by atoms with Crippen molar-refractivity contribution in [1.29, 1.82) is 0 Å². The molecule has 0 aliphatic carbocycles. The number of ether oxygens (including phenoxy) is 4. The van der Waals surface area contributed by atoms with Crippen LogP contribution in [0.3, 0.4) is 0 Å². The van der Waals surface area contributed by atoms with Crippen LogP contribution < -0.4 is 14.2 Å². The molecule has 0 radical (unpaired) electrons. The van der Waals surface area contributed by atoms with Gasteiger partial charge < -0.3 is 23.8 Å². The van der Waals surface area contributed by atoms with Crippen molar-refractivity contribution in [1.82, 2.24) is 0 Å². The Morgan fingerprint density at radius 3 is 2.07 bits per heavy atom. The van der Waals surface area contributed by atoms with Gasteiger partial charge in [0.1, 0.15) is 34.5 Å². The molecule has 2 atom stereocenters. The minimum Gasteiger partial charge on any atom is -0.496 e. The maximum absolute atomic E-state index is 13.3. The fourth-order valence-electron chi connectivity index (χ4n) is 3.33. The van der Waals surface area contributed by atoms with Gasteiger partial charge in [-0.3, -0.25) is 4.79 Å². The summed E-state index contributed by atoms with van der Waals surface area (Å²) in [5, 5.41) is 4.28. The summed E-state index contributed by atoms with van der Waals surface area (Å²) in [6.07, 6.45) is -0.632. The second-order valence-corrected chi connectivity index (χ2v) is 7.83. The summed E-state index contributed by atoms with van der Waals surface area (Å²) in [5.41, 5.74) is 1.06. The van der Waals surface area contributed by atoms with Gasteiger partial charge in [0, 0.05) is 12.1 Å². The van der Waals surface area contributed by atoms with E-state index < -0.39 is 23.6 Å². The van der Waals surface area contributed by atoms with Gasteiger partial charge in [-0.05, 0) is 26.3 Å². The van der Waals surface area contributed by atoms with Gasteiger partial charge in [-0.25, -0.2) is 0 Å². The molecule has 0 bridgehead atoms. The van der Waals surface area contributed by atoms with Crippen LogP contribution in [0.15, 0.2) is 47.6 Å². The number of carbonyl (C=O) groups is 1. The minimum absolute atomic E-state index is 0.384. The van der Waals surface area contributed by atoms with Crippen molar-refractivity contribution in [3.63, 3.8) is 0 Å². The van der Waals surface area contributed by atoms with Gasteiger partial charge in [0.05, 0.1) is 26.9 Å². The Labute approximate surface area is 176 Å². The van der Waals surface area contributed by atoms with E-state index in [0.717, 1.165) is 5.56 Å². The summed E-state index contributed by atoms with van der Waals surface area (Å²) < 4.78 is 22.2. The lowest BCUT2D eigenvalue weighted by Gasteiger charge is -2.25. The molecule has 0 N–H and O–H groups in total. The summed E-state index contributed by atoms with van der Waals surface area (Å²) in [5.74, 6) is 0.224. The number of methoxy groups -OCH3 is 3. The first-order valence-electron chi connectivity index (χ1n) is 9.61. The molecular formula is C23H27NO6. The van der Waals surface area contributed by atoms with E-state index in [1.807, 2.05) is 51.1 Å². The standard InChI is InChI=1S/C23H27NO6/c1-23(2,3)29-22(25)19-20(24-30-21(19)14-10-8-7-9-11-14)18-16(27-5)12-15(26-4)13-17(18)28-6/h7-13,19,21H,1-6H3/t19-,21+/m1/s1. The number of esters is 1. The molecule has 1 aliphatic rings. The molecule has 0 amide bonds. The van der Waals surface area contributed by atoms with Crippen LogP contribution in [0.25, 0.3) is 0 Å². The zero-order valence-electron chi connectivity index (χ0n) is 18.1. The van der Waals surface area contributed by atoms with Crippen molar-refractivity contribution in [3.8, 4) is 17.2 Å². The summed E-state index contributed by atoms with van der Waals surface area (Å²) in [6.45, 7) is 5.47. The molecule has 0 aromatic heterocycles. The molecule has 7 heteroatoms. The Bertz CT molecular complexity index is 907. The van der Waals surface area contributed by atoms with E-state index >= 15 is 0 Å². The molecule has 1 heterocycles. The van der Waals surface area contributed by atoms with Crippen LogP contribution in [0.5, 0.6) is 17.2 Å². The van der Waals surface area contributed by atoms with E-state index in [1.54, 1.807) is 19.2 Å². The van der Waals surface area contributed by atoms with Gasteiger partial charge in [0.25, 0.3) is 0 Å². The number of oxime groups is 1. The van der Waals surface area contributed by atoms with E-state index in [0.29, 0.717) is 28.5 Å². The fourth-order valence-corrected chi connectivity index (χ4v) is 3.33. The Kier molecular flexibility index (Phi) is 6.20. The summed E-state index contributed by atoms with van der Waals surface area (Å²) in [6, 6.07) is 12.9. The third-order valence-electron chi connectivity index (χ3n) is 4.62. The molecule has 0 saturated carbocycles. The van der Waals surface area contributed by atoms with Gasteiger partial charge in [0.2, 0.25) is 0 Å². The predicted molar refractivity (Wildman–Crippen MR) is 112 cm³/mol. The van der Waals surface area contributed by atoms with Crippen LogP contribution in [-0.4, -0.2) is 38.6 Å². The van der Waals surface area contributed by atoms with Crippen molar-refractivity contribution in [3.05, 3.63) is 53.6 Å². The van der Waals surface area contributed by atoms with Crippen molar-refractivity contribution < 1.29 is 28.6 Å². The summed E-state index contributed by atoms with van der Waals surface area (Å²) in [7, 11) is 4.62. The van der Waals surface area contributed by atoms with E-state index in [9.17, 15) is 4.79 Å². The molecule has 2 aromatic rings. The third-order valence-corrected chi connectivity index (χ3v) is 4.62. The SMILES string of the molecule is COc1cc(OC)c(C2=NO[C@@H](c3ccccc3)[C@@H]2C(=O)OC(C)(C)C)c(OC)c1.